The second kappa shape index (κ2) is 6.85. The summed E-state index contributed by atoms with van der Waals surface area (Å²) in [7, 11) is 0. The molecular weight excluding hydrogens is 180 g/mol. The zero-order valence-corrected chi connectivity index (χ0v) is 9.12. The van der Waals surface area contributed by atoms with E-state index in [4.69, 9.17) is 14.2 Å². The second-order valence-electron chi connectivity index (χ2n) is 3.41. The van der Waals surface area contributed by atoms with Gasteiger partial charge in [0.15, 0.2) is 6.29 Å². The molecule has 0 aromatic carbocycles. The third-order valence-corrected chi connectivity index (χ3v) is 2.26. The SMILES string of the molecule is C/C=C(\C)OCCOC1CCCCO1. The van der Waals surface area contributed by atoms with Crippen molar-refractivity contribution in [2.24, 2.45) is 0 Å². The highest BCUT2D eigenvalue weighted by atomic mass is 16.7. The van der Waals surface area contributed by atoms with Crippen molar-refractivity contribution in [3.8, 4) is 0 Å². The molecule has 3 heteroatoms. The Kier molecular flexibility index (Phi) is 5.64. The lowest BCUT2D eigenvalue weighted by Gasteiger charge is -2.22. The molecule has 1 aliphatic heterocycles. The molecule has 0 spiro atoms. The van der Waals surface area contributed by atoms with Gasteiger partial charge in [-0.05, 0) is 33.1 Å². The highest BCUT2D eigenvalue weighted by Gasteiger charge is 2.13. The Bertz CT molecular complexity index is 171. The third kappa shape index (κ3) is 4.63. The summed E-state index contributed by atoms with van der Waals surface area (Å²) in [5.74, 6) is 0.943. The first-order valence-electron chi connectivity index (χ1n) is 5.32. The first-order valence-corrected chi connectivity index (χ1v) is 5.32. The summed E-state index contributed by atoms with van der Waals surface area (Å²) in [5, 5.41) is 0. The second-order valence-corrected chi connectivity index (χ2v) is 3.41. The molecule has 0 N–H and O–H groups in total. The van der Waals surface area contributed by atoms with Crippen LogP contribution in [-0.4, -0.2) is 26.1 Å². The fraction of sp³-hybridized carbons (Fsp3) is 0.818. The maximum Gasteiger partial charge on any atom is 0.157 e. The molecule has 1 atom stereocenters. The molecule has 1 unspecified atom stereocenters. The molecule has 0 aromatic heterocycles. The van der Waals surface area contributed by atoms with Crippen molar-refractivity contribution in [1.82, 2.24) is 0 Å². The fourth-order valence-electron chi connectivity index (χ4n) is 1.31. The van der Waals surface area contributed by atoms with Gasteiger partial charge in [-0.15, -0.1) is 0 Å². The molecule has 0 saturated carbocycles. The number of hydrogen-bond acceptors (Lipinski definition) is 3. The van der Waals surface area contributed by atoms with Crippen molar-refractivity contribution in [3.63, 3.8) is 0 Å². The van der Waals surface area contributed by atoms with Gasteiger partial charge in [0.1, 0.15) is 6.61 Å². The van der Waals surface area contributed by atoms with Crippen molar-refractivity contribution in [2.75, 3.05) is 19.8 Å². The minimum absolute atomic E-state index is 0.00161. The van der Waals surface area contributed by atoms with Crippen LogP contribution in [0.3, 0.4) is 0 Å². The third-order valence-electron chi connectivity index (χ3n) is 2.26. The number of hydrogen-bond donors (Lipinski definition) is 0. The van der Waals surface area contributed by atoms with Gasteiger partial charge in [-0.3, -0.25) is 0 Å². The van der Waals surface area contributed by atoms with Crippen LogP contribution in [0.15, 0.2) is 11.8 Å². The van der Waals surface area contributed by atoms with Crippen molar-refractivity contribution in [1.29, 1.82) is 0 Å². The van der Waals surface area contributed by atoms with E-state index in [0.717, 1.165) is 25.2 Å². The first kappa shape index (κ1) is 11.5. The molecule has 82 valence electrons. The Morgan fingerprint density at radius 2 is 2.29 bits per heavy atom. The van der Waals surface area contributed by atoms with Crippen LogP contribution in [0.5, 0.6) is 0 Å². The molecule has 0 aromatic rings. The van der Waals surface area contributed by atoms with Crippen LogP contribution in [0.2, 0.25) is 0 Å². The largest absolute Gasteiger partial charge is 0.496 e. The van der Waals surface area contributed by atoms with Gasteiger partial charge in [0.2, 0.25) is 0 Å². The molecule has 0 radical (unpaired) electrons. The Labute approximate surface area is 86.0 Å². The highest BCUT2D eigenvalue weighted by Crippen LogP contribution is 2.13. The lowest BCUT2D eigenvalue weighted by Crippen LogP contribution is -2.23. The number of allylic oxidation sites excluding steroid dienone is 2. The van der Waals surface area contributed by atoms with Crippen molar-refractivity contribution < 1.29 is 14.2 Å². The molecule has 1 heterocycles. The van der Waals surface area contributed by atoms with Crippen LogP contribution in [0.4, 0.5) is 0 Å². The summed E-state index contributed by atoms with van der Waals surface area (Å²) in [5.41, 5.74) is 0. The normalized spacial score (nSPS) is 23.6. The van der Waals surface area contributed by atoms with Gasteiger partial charge in [-0.2, -0.15) is 0 Å². The smallest absolute Gasteiger partial charge is 0.157 e. The molecule has 1 aliphatic rings. The zero-order valence-electron chi connectivity index (χ0n) is 9.12. The Morgan fingerprint density at radius 3 is 2.93 bits per heavy atom. The molecule has 1 saturated heterocycles. The lowest BCUT2D eigenvalue weighted by atomic mass is 10.2. The van der Waals surface area contributed by atoms with Gasteiger partial charge in [-0.1, -0.05) is 6.08 Å². The number of rotatable bonds is 5. The molecule has 1 rings (SSSR count). The quantitative estimate of drug-likeness (QED) is 0.504. The summed E-state index contributed by atoms with van der Waals surface area (Å²) >= 11 is 0. The van der Waals surface area contributed by atoms with Crippen molar-refractivity contribution in [3.05, 3.63) is 11.8 Å². The first-order chi connectivity index (χ1) is 6.83. The van der Waals surface area contributed by atoms with Crippen LogP contribution < -0.4 is 0 Å². The molecule has 14 heavy (non-hydrogen) atoms. The van der Waals surface area contributed by atoms with E-state index in [9.17, 15) is 0 Å². The van der Waals surface area contributed by atoms with E-state index in [1.54, 1.807) is 0 Å². The van der Waals surface area contributed by atoms with Gasteiger partial charge in [0, 0.05) is 6.61 Å². The Balaban J connectivity index is 1.97. The Morgan fingerprint density at radius 1 is 1.43 bits per heavy atom. The van der Waals surface area contributed by atoms with E-state index in [2.05, 4.69) is 0 Å². The molecule has 0 aliphatic carbocycles. The van der Waals surface area contributed by atoms with E-state index < -0.39 is 0 Å². The number of ether oxygens (including phenoxy) is 3. The molecule has 3 nitrogen and oxygen atoms in total. The zero-order chi connectivity index (χ0) is 10.2. The summed E-state index contributed by atoms with van der Waals surface area (Å²) in [6, 6.07) is 0. The summed E-state index contributed by atoms with van der Waals surface area (Å²) in [4.78, 5) is 0. The van der Waals surface area contributed by atoms with Crippen LogP contribution >= 0.6 is 0 Å². The minimum atomic E-state index is -0.00161. The van der Waals surface area contributed by atoms with Crippen LogP contribution in [0.25, 0.3) is 0 Å². The average Bonchev–Trinajstić information content (AvgIpc) is 2.25. The van der Waals surface area contributed by atoms with Gasteiger partial charge in [0.25, 0.3) is 0 Å². The molecular formula is C11H20O3. The molecule has 0 bridgehead atoms. The monoisotopic (exact) mass is 200 g/mol. The fourth-order valence-corrected chi connectivity index (χ4v) is 1.31. The van der Waals surface area contributed by atoms with Gasteiger partial charge in [-0.25, -0.2) is 0 Å². The summed E-state index contributed by atoms with van der Waals surface area (Å²) < 4.78 is 16.3. The highest BCUT2D eigenvalue weighted by molar-refractivity contribution is 4.83. The average molecular weight is 200 g/mol. The Hall–Kier alpha value is -0.540. The maximum absolute atomic E-state index is 5.50. The van der Waals surface area contributed by atoms with Crippen molar-refractivity contribution in [2.45, 2.75) is 39.4 Å². The van der Waals surface area contributed by atoms with E-state index in [1.165, 1.54) is 6.42 Å². The lowest BCUT2D eigenvalue weighted by molar-refractivity contribution is -0.167. The van der Waals surface area contributed by atoms with Crippen LogP contribution in [0.1, 0.15) is 33.1 Å². The predicted octanol–water partition coefficient (Wildman–Crippen LogP) is 2.47. The van der Waals surface area contributed by atoms with Crippen molar-refractivity contribution >= 4 is 0 Å². The summed E-state index contributed by atoms with van der Waals surface area (Å²) in [6.07, 6.45) is 5.32. The van der Waals surface area contributed by atoms with E-state index in [-0.39, 0.29) is 6.29 Å². The van der Waals surface area contributed by atoms with Gasteiger partial charge >= 0.3 is 0 Å². The topological polar surface area (TPSA) is 27.7 Å². The molecule has 0 amide bonds. The van der Waals surface area contributed by atoms with Crippen LogP contribution in [-0.2, 0) is 14.2 Å². The maximum atomic E-state index is 5.50. The summed E-state index contributed by atoms with van der Waals surface area (Å²) in [6.45, 7) is 5.95. The van der Waals surface area contributed by atoms with Gasteiger partial charge in [0.05, 0.1) is 12.4 Å². The standard InChI is InChI=1S/C11H20O3/c1-3-10(2)12-8-9-14-11-6-4-5-7-13-11/h3,11H,4-9H2,1-2H3/b10-3+. The van der Waals surface area contributed by atoms with Crippen LogP contribution in [0, 0.1) is 0 Å². The predicted molar refractivity (Wildman–Crippen MR) is 54.9 cm³/mol. The van der Waals surface area contributed by atoms with Gasteiger partial charge < -0.3 is 14.2 Å². The van der Waals surface area contributed by atoms with E-state index in [1.807, 2.05) is 19.9 Å². The van der Waals surface area contributed by atoms with E-state index >= 15 is 0 Å². The molecule has 1 fully saturated rings. The van der Waals surface area contributed by atoms with E-state index in [0.29, 0.717) is 13.2 Å². The minimum Gasteiger partial charge on any atom is -0.496 e.